The Morgan fingerprint density at radius 2 is 2.07 bits per heavy atom. The molecule has 0 unspecified atom stereocenters. The Balaban J connectivity index is 1.49. The van der Waals surface area contributed by atoms with E-state index in [2.05, 4.69) is 10.3 Å². The van der Waals surface area contributed by atoms with E-state index in [4.69, 9.17) is 9.47 Å². The van der Waals surface area contributed by atoms with Crippen molar-refractivity contribution in [2.75, 3.05) is 26.1 Å². The second kappa shape index (κ2) is 7.79. The normalized spacial score (nSPS) is 16.1. The van der Waals surface area contributed by atoms with Crippen molar-refractivity contribution in [1.29, 1.82) is 0 Å². The van der Waals surface area contributed by atoms with Crippen LogP contribution in [-0.2, 0) is 17.8 Å². The summed E-state index contributed by atoms with van der Waals surface area (Å²) < 4.78 is 10.7. The highest BCUT2D eigenvalue weighted by Gasteiger charge is 2.29. The highest BCUT2D eigenvalue weighted by atomic mass is 32.1. The van der Waals surface area contributed by atoms with Crippen LogP contribution >= 0.6 is 11.3 Å². The van der Waals surface area contributed by atoms with Gasteiger partial charge < -0.3 is 19.7 Å². The molecule has 1 aliphatic carbocycles. The first-order valence-electron chi connectivity index (χ1n) is 9.40. The highest BCUT2D eigenvalue weighted by Crippen LogP contribution is 2.34. The molecule has 2 aliphatic rings. The number of anilines is 1. The number of fused-ring (bicyclic) bond motifs is 1. The van der Waals surface area contributed by atoms with Gasteiger partial charge in [0.2, 0.25) is 5.91 Å². The summed E-state index contributed by atoms with van der Waals surface area (Å²) >= 11 is 1.46. The van der Waals surface area contributed by atoms with Crippen LogP contribution in [0.2, 0.25) is 0 Å². The number of hydrogen-bond donors (Lipinski definition) is 1. The number of carbonyl (C=O) groups excluding carboxylic acids is 2. The first-order valence-corrected chi connectivity index (χ1v) is 10.2. The fourth-order valence-corrected chi connectivity index (χ4v) is 4.55. The Morgan fingerprint density at radius 3 is 2.75 bits per heavy atom. The van der Waals surface area contributed by atoms with E-state index in [0.717, 1.165) is 29.8 Å². The van der Waals surface area contributed by atoms with Crippen LogP contribution in [0.3, 0.4) is 0 Å². The quantitative estimate of drug-likeness (QED) is 0.833. The number of aromatic nitrogens is 1. The number of methoxy groups -OCH3 is 2. The Kier molecular flexibility index (Phi) is 5.21. The maximum atomic E-state index is 13.1. The minimum Gasteiger partial charge on any atom is -0.493 e. The van der Waals surface area contributed by atoms with Crippen molar-refractivity contribution in [3.63, 3.8) is 0 Å². The molecule has 0 atom stereocenters. The van der Waals surface area contributed by atoms with Crippen LogP contribution in [0.15, 0.2) is 18.2 Å². The van der Waals surface area contributed by atoms with Gasteiger partial charge in [-0.25, -0.2) is 4.98 Å². The maximum Gasteiger partial charge on any atom is 0.258 e. The third-order valence-corrected chi connectivity index (χ3v) is 6.36. The molecule has 1 fully saturated rings. The molecule has 28 heavy (non-hydrogen) atoms. The molecule has 8 heteroatoms. The van der Waals surface area contributed by atoms with E-state index in [-0.39, 0.29) is 17.7 Å². The number of nitrogens with one attached hydrogen (secondary N) is 1. The molecule has 0 saturated heterocycles. The largest absolute Gasteiger partial charge is 0.493 e. The van der Waals surface area contributed by atoms with Gasteiger partial charge in [0.15, 0.2) is 16.6 Å². The maximum absolute atomic E-state index is 13.1. The second-order valence-corrected chi connectivity index (χ2v) is 8.11. The van der Waals surface area contributed by atoms with Crippen LogP contribution in [0.4, 0.5) is 5.13 Å². The van der Waals surface area contributed by atoms with Gasteiger partial charge in [-0.3, -0.25) is 9.59 Å². The molecule has 2 amide bonds. The van der Waals surface area contributed by atoms with Gasteiger partial charge in [-0.05, 0) is 25.0 Å². The number of thiazole rings is 1. The molecule has 4 rings (SSSR count). The molecule has 1 N–H and O–H groups in total. The molecule has 1 aromatic heterocycles. The molecule has 2 aromatic rings. The van der Waals surface area contributed by atoms with Crippen molar-refractivity contribution in [3.05, 3.63) is 34.3 Å². The number of nitrogens with zero attached hydrogens (tertiary/aromatic N) is 2. The van der Waals surface area contributed by atoms with Crippen LogP contribution in [0.1, 0.15) is 40.2 Å². The van der Waals surface area contributed by atoms with E-state index in [1.165, 1.54) is 18.4 Å². The van der Waals surface area contributed by atoms with E-state index in [1.807, 2.05) is 0 Å². The molecule has 2 heterocycles. The zero-order valence-electron chi connectivity index (χ0n) is 16.0. The Morgan fingerprint density at radius 1 is 1.25 bits per heavy atom. The minimum absolute atomic E-state index is 0.0615. The van der Waals surface area contributed by atoms with Crippen molar-refractivity contribution in [2.24, 2.45) is 5.92 Å². The summed E-state index contributed by atoms with van der Waals surface area (Å²) in [4.78, 5) is 32.6. The zero-order valence-corrected chi connectivity index (χ0v) is 16.8. The lowest BCUT2D eigenvalue weighted by Gasteiger charge is -2.27. The van der Waals surface area contributed by atoms with Crippen LogP contribution in [0, 0.1) is 5.92 Å². The summed E-state index contributed by atoms with van der Waals surface area (Å²) in [5.74, 6) is 1.06. The van der Waals surface area contributed by atoms with Gasteiger partial charge in [-0.2, -0.15) is 0 Å². The molecule has 7 nitrogen and oxygen atoms in total. The summed E-state index contributed by atoms with van der Waals surface area (Å²) in [6, 6.07) is 5.30. The van der Waals surface area contributed by atoms with Crippen molar-refractivity contribution < 1.29 is 19.1 Å². The molecule has 148 valence electrons. The topological polar surface area (TPSA) is 80.8 Å². The number of amides is 2. The van der Waals surface area contributed by atoms with Crippen molar-refractivity contribution >= 4 is 28.3 Å². The van der Waals surface area contributed by atoms with Crippen LogP contribution in [-0.4, -0.2) is 42.5 Å². The Bertz CT molecular complexity index is 907. The van der Waals surface area contributed by atoms with Gasteiger partial charge in [0.05, 0.1) is 32.0 Å². The summed E-state index contributed by atoms with van der Waals surface area (Å²) in [7, 11) is 3.08. The van der Waals surface area contributed by atoms with E-state index in [1.54, 1.807) is 30.2 Å². The molecular weight excluding hydrogens is 378 g/mol. The van der Waals surface area contributed by atoms with E-state index in [9.17, 15) is 9.59 Å². The minimum atomic E-state index is -0.102. The lowest BCUT2D eigenvalue weighted by molar-refractivity contribution is -0.122. The predicted octanol–water partition coefficient (Wildman–Crippen LogP) is 3.10. The first-order chi connectivity index (χ1) is 13.6. The summed E-state index contributed by atoms with van der Waals surface area (Å²) in [6.07, 6.45) is 3.71. The van der Waals surface area contributed by atoms with E-state index in [0.29, 0.717) is 41.7 Å². The van der Waals surface area contributed by atoms with Crippen LogP contribution < -0.4 is 14.8 Å². The van der Waals surface area contributed by atoms with Gasteiger partial charge in [-0.1, -0.05) is 23.8 Å². The predicted molar refractivity (Wildman–Crippen MR) is 106 cm³/mol. The molecular formula is C20H23N3O4S. The van der Waals surface area contributed by atoms with Gasteiger partial charge in [-0.15, -0.1) is 0 Å². The summed E-state index contributed by atoms with van der Waals surface area (Å²) in [5, 5.41) is 3.57. The van der Waals surface area contributed by atoms with Crippen molar-refractivity contribution in [3.8, 4) is 11.5 Å². The van der Waals surface area contributed by atoms with Gasteiger partial charge in [0.25, 0.3) is 5.91 Å². The first kappa shape index (κ1) is 18.7. The highest BCUT2D eigenvalue weighted by molar-refractivity contribution is 7.15. The third kappa shape index (κ3) is 3.44. The fourth-order valence-electron chi connectivity index (χ4n) is 3.53. The van der Waals surface area contributed by atoms with E-state index >= 15 is 0 Å². The van der Waals surface area contributed by atoms with Gasteiger partial charge >= 0.3 is 0 Å². The Hall–Kier alpha value is -2.61. The number of ether oxygens (including phenoxy) is 2. The van der Waals surface area contributed by atoms with Crippen LogP contribution in [0.5, 0.6) is 11.5 Å². The average Bonchev–Trinajstić information content (AvgIpc) is 3.06. The number of hydrogen-bond acceptors (Lipinski definition) is 6. The van der Waals surface area contributed by atoms with Crippen LogP contribution in [0.25, 0.3) is 0 Å². The molecule has 1 aromatic carbocycles. The third-order valence-electron chi connectivity index (χ3n) is 5.36. The lowest BCUT2D eigenvalue weighted by Crippen LogP contribution is -2.35. The Labute approximate surface area is 167 Å². The zero-order chi connectivity index (χ0) is 19.7. The standard InChI is InChI=1S/C20H23N3O4S/c1-26-15-8-4-7-13(17(15)27-2)19(25)23-10-9-14-16(11-23)28-20(21-14)22-18(24)12-5-3-6-12/h4,7-8,12H,3,5-6,9-11H2,1-2H3,(H,21,22,24). The van der Waals surface area contributed by atoms with Gasteiger partial charge in [0, 0.05) is 23.8 Å². The summed E-state index contributed by atoms with van der Waals surface area (Å²) in [5.41, 5.74) is 1.45. The molecule has 0 bridgehead atoms. The summed E-state index contributed by atoms with van der Waals surface area (Å²) in [6.45, 7) is 1.05. The van der Waals surface area contributed by atoms with E-state index < -0.39 is 0 Å². The molecule has 0 radical (unpaired) electrons. The fraction of sp³-hybridized carbons (Fsp3) is 0.450. The second-order valence-electron chi connectivity index (χ2n) is 7.02. The van der Waals surface area contributed by atoms with Crippen molar-refractivity contribution in [1.82, 2.24) is 9.88 Å². The smallest absolute Gasteiger partial charge is 0.258 e. The molecule has 1 aliphatic heterocycles. The SMILES string of the molecule is COc1cccc(C(=O)N2CCc3nc(NC(=O)C4CCC4)sc3C2)c1OC. The van der Waals surface area contributed by atoms with Gasteiger partial charge in [0.1, 0.15) is 0 Å². The number of carbonyl (C=O) groups is 2. The number of rotatable bonds is 5. The van der Waals surface area contributed by atoms with Crippen molar-refractivity contribution in [2.45, 2.75) is 32.2 Å². The number of benzene rings is 1. The monoisotopic (exact) mass is 401 g/mol. The average molecular weight is 401 g/mol. The lowest BCUT2D eigenvalue weighted by atomic mass is 9.85. The molecule has 1 saturated carbocycles. The molecule has 0 spiro atoms. The number of para-hydroxylation sites is 1.